The molecule has 1 heterocycles. The molecule has 3 aliphatic rings. The van der Waals surface area contributed by atoms with E-state index in [-0.39, 0.29) is 11.8 Å². The maximum atomic E-state index is 11.2. The van der Waals surface area contributed by atoms with Gasteiger partial charge >= 0.3 is 12.3 Å². The number of hydrogen-bond acceptors (Lipinski definition) is 5. The summed E-state index contributed by atoms with van der Waals surface area (Å²) in [6, 6.07) is 0. The van der Waals surface area contributed by atoms with Gasteiger partial charge in [0.05, 0.1) is 0 Å². The van der Waals surface area contributed by atoms with Crippen LogP contribution in [0.25, 0.3) is 0 Å². The molecule has 17 heavy (non-hydrogen) atoms. The average Bonchev–Trinajstić information content (AvgIpc) is 2.36. The SMILES string of the molecule is O=C1OC(=O)OC2C3C=CC(C/C=C\C3)C2O1. The Morgan fingerprint density at radius 1 is 0.882 bits per heavy atom. The molecule has 0 amide bonds. The molecule has 0 radical (unpaired) electrons. The molecule has 2 bridgehead atoms. The summed E-state index contributed by atoms with van der Waals surface area (Å²) in [6.45, 7) is 0. The highest BCUT2D eigenvalue weighted by atomic mass is 16.8. The smallest absolute Gasteiger partial charge is 0.426 e. The Balaban J connectivity index is 1.95. The molecule has 1 aliphatic heterocycles. The van der Waals surface area contributed by atoms with Crippen molar-refractivity contribution in [3.05, 3.63) is 24.3 Å². The van der Waals surface area contributed by atoms with E-state index >= 15 is 0 Å². The van der Waals surface area contributed by atoms with Gasteiger partial charge < -0.3 is 14.2 Å². The second-order valence-corrected chi connectivity index (χ2v) is 4.42. The fourth-order valence-corrected chi connectivity index (χ4v) is 2.57. The third kappa shape index (κ3) is 1.81. The highest BCUT2D eigenvalue weighted by Gasteiger charge is 2.44. The zero-order chi connectivity index (χ0) is 11.8. The van der Waals surface area contributed by atoms with Crippen LogP contribution in [0.5, 0.6) is 0 Å². The van der Waals surface area contributed by atoms with Crippen molar-refractivity contribution in [3.8, 4) is 0 Å². The third-order valence-corrected chi connectivity index (χ3v) is 3.39. The molecular weight excluding hydrogens is 224 g/mol. The first-order valence-electron chi connectivity index (χ1n) is 5.66. The summed E-state index contributed by atoms with van der Waals surface area (Å²) in [5, 5.41) is 0. The lowest BCUT2D eigenvalue weighted by molar-refractivity contribution is -0.0335. The topological polar surface area (TPSA) is 61.8 Å². The van der Waals surface area contributed by atoms with Crippen molar-refractivity contribution < 1.29 is 23.8 Å². The van der Waals surface area contributed by atoms with Crippen LogP contribution < -0.4 is 0 Å². The van der Waals surface area contributed by atoms with Gasteiger partial charge in [-0.3, -0.25) is 0 Å². The average molecular weight is 236 g/mol. The fourth-order valence-electron chi connectivity index (χ4n) is 2.57. The highest BCUT2D eigenvalue weighted by Crippen LogP contribution is 2.36. The van der Waals surface area contributed by atoms with Crippen molar-refractivity contribution in [1.29, 1.82) is 0 Å². The van der Waals surface area contributed by atoms with Gasteiger partial charge in [0.15, 0.2) is 0 Å². The molecule has 4 unspecified atom stereocenters. The first-order valence-corrected chi connectivity index (χ1v) is 5.66. The number of hydrogen-bond donors (Lipinski definition) is 0. The van der Waals surface area contributed by atoms with Crippen LogP contribution in [0.2, 0.25) is 0 Å². The molecule has 90 valence electrons. The van der Waals surface area contributed by atoms with Gasteiger partial charge in [0.2, 0.25) is 0 Å². The van der Waals surface area contributed by atoms with Crippen molar-refractivity contribution in [1.82, 2.24) is 0 Å². The number of cyclic esters (lactones) is 2. The predicted molar refractivity (Wildman–Crippen MR) is 56.1 cm³/mol. The zero-order valence-electron chi connectivity index (χ0n) is 9.07. The van der Waals surface area contributed by atoms with Crippen molar-refractivity contribution in [3.63, 3.8) is 0 Å². The maximum Gasteiger partial charge on any atom is 0.519 e. The Morgan fingerprint density at radius 2 is 1.35 bits per heavy atom. The molecule has 5 nitrogen and oxygen atoms in total. The second kappa shape index (κ2) is 3.91. The monoisotopic (exact) mass is 236 g/mol. The molecular formula is C12H12O5. The Labute approximate surface area is 98.0 Å². The minimum atomic E-state index is -0.967. The normalized spacial score (nSPS) is 41.2. The van der Waals surface area contributed by atoms with Crippen LogP contribution in [0.3, 0.4) is 0 Å². The number of carbonyl (C=O) groups is 2. The van der Waals surface area contributed by atoms with E-state index in [1.165, 1.54) is 0 Å². The number of allylic oxidation sites excluding steroid dienone is 2. The van der Waals surface area contributed by atoms with E-state index in [0.717, 1.165) is 12.8 Å². The molecule has 0 aromatic carbocycles. The summed E-state index contributed by atoms with van der Waals surface area (Å²) in [5.41, 5.74) is 0. The highest BCUT2D eigenvalue weighted by molar-refractivity contribution is 5.78. The molecule has 0 saturated carbocycles. The minimum absolute atomic E-state index is 0.0475. The van der Waals surface area contributed by atoms with Gasteiger partial charge in [-0.15, -0.1) is 0 Å². The predicted octanol–water partition coefficient (Wildman–Crippen LogP) is 2.18. The number of ether oxygens (including phenoxy) is 3. The zero-order valence-corrected chi connectivity index (χ0v) is 9.07. The fraction of sp³-hybridized carbons (Fsp3) is 0.500. The van der Waals surface area contributed by atoms with Crippen LogP contribution in [0.15, 0.2) is 24.3 Å². The van der Waals surface area contributed by atoms with E-state index < -0.39 is 24.5 Å². The van der Waals surface area contributed by atoms with E-state index in [0.29, 0.717) is 0 Å². The van der Waals surface area contributed by atoms with Crippen LogP contribution in [-0.2, 0) is 14.2 Å². The summed E-state index contributed by atoms with van der Waals surface area (Å²) in [6.07, 6.45) is 6.94. The summed E-state index contributed by atoms with van der Waals surface area (Å²) in [5.74, 6) is 0.0949. The molecule has 5 heteroatoms. The van der Waals surface area contributed by atoms with Crippen LogP contribution in [-0.4, -0.2) is 24.5 Å². The van der Waals surface area contributed by atoms with E-state index in [2.05, 4.69) is 16.9 Å². The molecule has 1 saturated heterocycles. The summed E-state index contributed by atoms with van der Waals surface area (Å²) >= 11 is 0. The lowest BCUT2D eigenvalue weighted by atomic mass is 9.78. The Hall–Kier alpha value is -1.78. The first kappa shape index (κ1) is 10.4. The Bertz CT molecular complexity index is 375. The summed E-state index contributed by atoms with van der Waals surface area (Å²) < 4.78 is 14.7. The number of rotatable bonds is 0. The Morgan fingerprint density at radius 3 is 1.82 bits per heavy atom. The van der Waals surface area contributed by atoms with Crippen LogP contribution in [0, 0.1) is 11.8 Å². The van der Waals surface area contributed by atoms with Crippen molar-refractivity contribution in [2.45, 2.75) is 25.0 Å². The van der Waals surface area contributed by atoms with Gasteiger partial charge in [-0.1, -0.05) is 24.3 Å². The standard InChI is InChI=1S/C12H12O5/c13-11-15-9-7-3-1-2-4-8(6-5-7)10(9)16-12(14)17-11/h1-2,5-10H,3-4H2/b2-1-. The molecule has 2 aliphatic carbocycles. The van der Waals surface area contributed by atoms with Crippen molar-refractivity contribution >= 4 is 12.3 Å². The number of carbonyl (C=O) groups excluding carboxylic acids is 2. The third-order valence-electron chi connectivity index (χ3n) is 3.39. The number of fused-ring (bicyclic) bond motifs is 5. The van der Waals surface area contributed by atoms with Gasteiger partial charge in [-0.2, -0.15) is 0 Å². The minimum Gasteiger partial charge on any atom is -0.426 e. The van der Waals surface area contributed by atoms with Gasteiger partial charge in [0.1, 0.15) is 12.2 Å². The largest absolute Gasteiger partial charge is 0.519 e. The summed E-state index contributed by atoms with van der Waals surface area (Å²) in [4.78, 5) is 22.5. The lowest BCUT2D eigenvalue weighted by Crippen LogP contribution is -2.44. The Kier molecular flexibility index (Phi) is 2.39. The first-order chi connectivity index (χ1) is 8.24. The van der Waals surface area contributed by atoms with Crippen LogP contribution >= 0.6 is 0 Å². The quantitative estimate of drug-likeness (QED) is 0.366. The molecule has 0 spiro atoms. The lowest BCUT2D eigenvalue weighted by Gasteiger charge is -2.36. The van der Waals surface area contributed by atoms with Gasteiger partial charge in [0, 0.05) is 11.8 Å². The molecule has 0 aromatic heterocycles. The second-order valence-electron chi connectivity index (χ2n) is 4.42. The van der Waals surface area contributed by atoms with Gasteiger partial charge in [0.25, 0.3) is 0 Å². The summed E-state index contributed by atoms with van der Waals surface area (Å²) in [7, 11) is 0. The molecule has 1 fully saturated rings. The molecule has 4 atom stereocenters. The van der Waals surface area contributed by atoms with Crippen LogP contribution in [0.4, 0.5) is 9.59 Å². The molecule has 0 aromatic rings. The van der Waals surface area contributed by atoms with Gasteiger partial charge in [-0.25, -0.2) is 9.59 Å². The van der Waals surface area contributed by atoms with E-state index in [1.807, 2.05) is 12.2 Å². The van der Waals surface area contributed by atoms with Crippen LogP contribution in [0.1, 0.15) is 12.8 Å². The van der Waals surface area contributed by atoms with E-state index in [1.54, 1.807) is 0 Å². The van der Waals surface area contributed by atoms with E-state index in [9.17, 15) is 9.59 Å². The van der Waals surface area contributed by atoms with E-state index in [4.69, 9.17) is 9.47 Å². The van der Waals surface area contributed by atoms with Gasteiger partial charge in [-0.05, 0) is 12.8 Å². The maximum absolute atomic E-state index is 11.2. The molecule has 3 rings (SSSR count). The van der Waals surface area contributed by atoms with Crippen molar-refractivity contribution in [2.24, 2.45) is 11.8 Å². The molecule has 0 N–H and O–H groups in total. The van der Waals surface area contributed by atoms with Crippen molar-refractivity contribution in [2.75, 3.05) is 0 Å².